The van der Waals surface area contributed by atoms with Gasteiger partial charge >= 0.3 is 0 Å². The van der Waals surface area contributed by atoms with Gasteiger partial charge in [0, 0.05) is 32.2 Å². The molecule has 1 aromatic carbocycles. The summed E-state index contributed by atoms with van der Waals surface area (Å²) in [5.41, 5.74) is 6.29. The molecule has 2 N–H and O–H groups in total. The molecule has 0 radical (unpaired) electrons. The molecule has 1 saturated heterocycles. The number of hydrogen-bond donors (Lipinski definition) is 1. The first-order valence-corrected chi connectivity index (χ1v) is 11.0. The second-order valence-electron chi connectivity index (χ2n) is 7.60. The van der Waals surface area contributed by atoms with Crippen LogP contribution in [0.4, 0.5) is 0 Å². The SMILES string of the molecule is NC1C2CCC(C2)C1C(=O)N1CCN(S(=O)(=O)c2ccccc2Cl)CC1. The van der Waals surface area contributed by atoms with E-state index in [2.05, 4.69) is 0 Å². The van der Waals surface area contributed by atoms with Crippen molar-refractivity contribution in [1.29, 1.82) is 0 Å². The van der Waals surface area contributed by atoms with Crippen LogP contribution in [0.3, 0.4) is 0 Å². The van der Waals surface area contributed by atoms with Crippen LogP contribution >= 0.6 is 11.6 Å². The number of carbonyl (C=O) groups excluding carboxylic acids is 1. The first-order valence-electron chi connectivity index (χ1n) is 9.18. The lowest BCUT2D eigenvalue weighted by Crippen LogP contribution is -2.54. The van der Waals surface area contributed by atoms with Gasteiger partial charge in [-0.15, -0.1) is 0 Å². The maximum atomic E-state index is 12.9. The molecule has 1 amide bonds. The van der Waals surface area contributed by atoms with Gasteiger partial charge in [0.1, 0.15) is 4.90 Å². The molecule has 4 rings (SSSR count). The van der Waals surface area contributed by atoms with E-state index in [0.717, 1.165) is 19.3 Å². The molecule has 3 aliphatic rings. The van der Waals surface area contributed by atoms with Crippen molar-refractivity contribution in [3.8, 4) is 0 Å². The van der Waals surface area contributed by atoms with Gasteiger partial charge in [-0.2, -0.15) is 4.31 Å². The van der Waals surface area contributed by atoms with E-state index in [4.69, 9.17) is 17.3 Å². The molecule has 2 bridgehead atoms. The maximum Gasteiger partial charge on any atom is 0.244 e. The molecule has 4 atom stereocenters. The highest BCUT2D eigenvalue weighted by Crippen LogP contribution is 2.48. The predicted octanol–water partition coefficient (Wildman–Crippen LogP) is 1.55. The number of hydrogen-bond acceptors (Lipinski definition) is 4. The minimum absolute atomic E-state index is 0.0360. The number of nitrogens with zero attached hydrogens (tertiary/aromatic N) is 2. The molecular weight excluding hydrogens is 374 g/mol. The van der Waals surface area contributed by atoms with E-state index in [1.54, 1.807) is 23.1 Å². The summed E-state index contributed by atoms with van der Waals surface area (Å²) in [5.74, 6) is 0.920. The minimum atomic E-state index is -3.64. The number of nitrogens with two attached hydrogens (primary N) is 1. The van der Waals surface area contributed by atoms with Crippen LogP contribution in [-0.2, 0) is 14.8 Å². The number of sulfonamides is 1. The zero-order valence-electron chi connectivity index (χ0n) is 14.6. The molecule has 8 heteroatoms. The molecule has 1 aromatic rings. The molecule has 4 unspecified atom stereocenters. The highest BCUT2D eigenvalue weighted by atomic mass is 35.5. The summed E-state index contributed by atoms with van der Waals surface area (Å²) in [6.45, 7) is 1.39. The van der Waals surface area contributed by atoms with E-state index in [1.165, 1.54) is 10.4 Å². The number of piperazine rings is 1. The van der Waals surface area contributed by atoms with Crippen LogP contribution in [0.15, 0.2) is 29.2 Å². The first-order chi connectivity index (χ1) is 12.4. The van der Waals surface area contributed by atoms with Crippen molar-refractivity contribution >= 4 is 27.5 Å². The Balaban J connectivity index is 1.43. The third-order valence-corrected chi connectivity index (χ3v) is 8.67. The average molecular weight is 398 g/mol. The van der Waals surface area contributed by atoms with Gasteiger partial charge < -0.3 is 10.6 Å². The van der Waals surface area contributed by atoms with E-state index in [0.29, 0.717) is 24.9 Å². The third kappa shape index (κ3) is 2.95. The Bertz CT molecular complexity index is 806. The van der Waals surface area contributed by atoms with E-state index < -0.39 is 10.0 Å². The molecule has 0 spiro atoms. The van der Waals surface area contributed by atoms with E-state index in [9.17, 15) is 13.2 Å². The molecular formula is C18H24ClN3O3S. The number of fused-ring (bicyclic) bond motifs is 2. The van der Waals surface area contributed by atoms with Crippen LogP contribution in [0.1, 0.15) is 19.3 Å². The van der Waals surface area contributed by atoms with Gasteiger partial charge in [-0.1, -0.05) is 23.7 Å². The second kappa shape index (κ2) is 6.78. The topological polar surface area (TPSA) is 83.7 Å². The smallest absolute Gasteiger partial charge is 0.244 e. The lowest BCUT2D eigenvalue weighted by molar-refractivity contribution is -0.139. The largest absolute Gasteiger partial charge is 0.340 e. The van der Waals surface area contributed by atoms with Gasteiger partial charge in [0.2, 0.25) is 15.9 Å². The fraction of sp³-hybridized carbons (Fsp3) is 0.611. The summed E-state index contributed by atoms with van der Waals surface area (Å²) in [6.07, 6.45) is 3.30. The molecule has 3 fully saturated rings. The van der Waals surface area contributed by atoms with Gasteiger partial charge in [-0.25, -0.2) is 8.42 Å². The fourth-order valence-electron chi connectivity index (χ4n) is 4.85. The molecule has 142 valence electrons. The number of rotatable bonds is 3. The van der Waals surface area contributed by atoms with Crippen LogP contribution in [0.25, 0.3) is 0 Å². The lowest BCUT2D eigenvalue weighted by atomic mass is 9.84. The zero-order valence-corrected chi connectivity index (χ0v) is 16.1. The highest BCUT2D eigenvalue weighted by molar-refractivity contribution is 7.89. The standard InChI is InChI=1S/C18H24ClN3O3S/c19-14-3-1-2-4-15(14)26(24,25)22-9-7-21(8-10-22)18(23)16-12-5-6-13(11-12)17(16)20/h1-4,12-13,16-17H,5-11,20H2. The first kappa shape index (κ1) is 18.2. The van der Waals surface area contributed by atoms with Crippen LogP contribution < -0.4 is 5.73 Å². The quantitative estimate of drug-likeness (QED) is 0.838. The Labute approximate surface area is 159 Å². The van der Waals surface area contributed by atoms with E-state index >= 15 is 0 Å². The summed E-state index contributed by atoms with van der Waals surface area (Å²) < 4.78 is 27.0. The zero-order chi connectivity index (χ0) is 18.5. The van der Waals surface area contributed by atoms with Crippen molar-refractivity contribution < 1.29 is 13.2 Å². The van der Waals surface area contributed by atoms with Crippen LogP contribution in [0.5, 0.6) is 0 Å². The third-order valence-electron chi connectivity index (χ3n) is 6.27. The molecule has 2 saturated carbocycles. The molecule has 0 aromatic heterocycles. The lowest BCUT2D eigenvalue weighted by Gasteiger charge is -2.38. The van der Waals surface area contributed by atoms with Gasteiger partial charge in [0.15, 0.2) is 0 Å². The summed E-state index contributed by atoms with van der Waals surface area (Å²) in [6, 6.07) is 6.42. The summed E-state index contributed by atoms with van der Waals surface area (Å²) in [5, 5.41) is 0.221. The van der Waals surface area contributed by atoms with Crippen molar-refractivity contribution in [1.82, 2.24) is 9.21 Å². The van der Waals surface area contributed by atoms with Crippen molar-refractivity contribution in [2.45, 2.75) is 30.2 Å². The van der Waals surface area contributed by atoms with Crippen molar-refractivity contribution in [3.05, 3.63) is 29.3 Å². The minimum Gasteiger partial charge on any atom is -0.340 e. The number of benzene rings is 1. The van der Waals surface area contributed by atoms with Gasteiger partial charge in [-0.3, -0.25) is 4.79 Å². The predicted molar refractivity (Wildman–Crippen MR) is 99.1 cm³/mol. The summed E-state index contributed by atoms with van der Waals surface area (Å²) >= 11 is 6.06. The van der Waals surface area contributed by atoms with E-state index in [-0.39, 0.29) is 40.9 Å². The Morgan fingerprint density at radius 3 is 2.35 bits per heavy atom. The Hall–Kier alpha value is -1.15. The normalized spacial score (nSPS) is 32.2. The fourth-order valence-corrected chi connectivity index (χ4v) is 6.77. The van der Waals surface area contributed by atoms with Crippen molar-refractivity contribution in [2.24, 2.45) is 23.5 Å². The Morgan fingerprint density at radius 2 is 1.73 bits per heavy atom. The Morgan fingerprint density at radius 1 is 1.08 bits per heavy atom. The number of amides is 1. The van der Waals surface area contributed by atoms with Crippen molar-refractivity contribution in [3.63, 3.8) is 0 Å². The number of halogens is 1. The molecule has 1 aliphatic heterocycles. The summed E-state index contributed by atoms with van der Waals surface area (Å²) in [4.78, 5) is 14.9. The van der Waals surface area contributed by atoms with E-state index in [1.807, 2.05) is 0 Å². The maximum absolute atomic E-state index is 12.9. The van der Waals surface area contributed by atoms with Crippen LogP contribution in [0, 0.1) is 17.8 Å². The van der Waals surface area contributed by atoms with Gasteiger partial charge in [0.25, 0.3) is 0 Å². The highest BCUT2D eigenvalue weighted by Gasteiger charge is 2.50. The second-order valence-corrected chi connectivity index (χ2v) is 9.91. The molecule has 2 aliphatic carbocycles. The van der Waals surface area contributed by atoms with Gasteiger partial charge in [0.05, 0.1) is 10.9 Å². The molecule has 6 nitrogen and oxygen atoms in total. The van der Waals surface area contributed by atoms with Crippen LogP contribution in [-0.4, -0.2) is 55.8 Å². The molecule has 1 heterocycles. The molecule has 26 heavy (non-hydrogen) atoms. The van der Waals surface area contributed by atoms with Gasteiger partial charge in [-0.05, 0) is 43.2 Å². The monoisotopic (exact) mass is 397 g/mol. The van der Waals surface area contributed by atoms with Crippen LogP contribution in [0.2, 0.25) is 5.02 Å². The Kier molecular flexibility index (Phi) is 4.75. The van der Waals surface area contributed by atoms with Crippen molar-refractivity contribution in [2.75, 3.05) is 26.2 Å². The number of carbonyl (C=O) groups is 1. The average Bonchev–Trinajstić information content (AvgIpc) is 3.23. The summed E-state index contributed by atoms with van der Waals surface area (Å²) in [7, 11) is -3.64.